The molecule has 42 heavy (non-hydrogen) atoms. The van der Waals surface area contributed by atoms with E-state index in [0.717, 1.165) is 21.9 Å². The molecule has 1 aromatic heterocycles. The first-order chi connectivity index (χ1) is 20.0. The van der Waals surface area contributed by atoms with Crippen molar-refractivity contribution in [2.75, 3.05) is 9.80 Å². The third-order valence-corrected chi connectivity index (χ3v) is 7.50. The minimum absolute atomic E-state index is 0.0635. The number of anilines is 2. The number of hydrogen-bond acceptors (Lipinski definition) is 6. The van der Waals surface area contributed by atoms with Crippen molar-refractivity contribution in [2.24, 2.45) is 0 Å². The van der Waals surface area contributed by atoms with Gasteiger partial charge in [-0.3, -0.25) is 24.2 Å². The van der Waals surface area contributed by atoms with Gasteiger partial charge in [0.05, 0.1) is 11.6 Å². The molecular formula is C29H23ClF3N5O4. The largest absolute Gasteiger partial charge is 0.383 e. The van der Waals surface area contributed by atoms with Crippen LogP contribution in [-0.4, -0.2) is 51.9 Å². The molecule has 3 aromatic rings. The predicted octanol–water partition coefficient (Wildman–Crippen LogP) is 3.90. The SMILES string of the molecule is N#Cc1ccnc(N2C(=O)C(O)CC2C(=O)N(c2cccc(F)c2)C(C(=O)NC2CC(F)(F)C2)c2ccccc2Cl)c1. The number of nitrogens with zero attached hydrogens (tertiary/aromatic N) is 4. The van der Waals surface area contributed by atoms with Crippen LogP contribution in [0.3, 0.4) is 0 Å². The van der Waals surface area contributed by atoms with E-state index in [9.17, 15) is 37.9 Å². The van der Waals surface area contributed by atoms with E-state index in [1.807, 2.05) is 6.07 Å². The fourth-order valence-corrected chi connectivity index (χ4v) is 5.40. The van der Waals surface area contributed by atoms with Crippen LogP contribution in [0.5, 0.6) is 0 Å². The maximum atomic E-state index is 14.5. The zero-order valence-electron chi connectivity index (χ0n) is 21.8. The van der Waals surface area contributed by atoms with Crippen molar-refractivity contribution in [2.45, 2.75) is 49.4 Å². The molecule has 1 aliphatic carbocycles. The van der Waals surface area contributed by atoms with Crippen LogP contribution in [0.2, 0.25) is 5.02 Å². The van der Waals surface area contributed by atoms with Gasteiger partial charge in [0.2, 0.25) is 5.91 Å². The van der Waals surface area contributed by atoms with Crippen molar-refractivity contribution in [3.8, 4) is 6.07 Å². The van der Waals surface area contributed by atoms with Gasteiger partial charge in [-0.15, -0.1) is 0 Å². The predicted molar refractivity (Wildman–Crippen MR) is 145 cm³/mol. The molecule has 1 saturated heterocycles. The van der Waals surface area contributed by atoms with Crippen molar-refractivity contribution < 1.29 is 32.7 Å². The van der Waals surface area contributed by atoms with E-state index in [1.54, 1.807) is 12.1 Å². The van der Waals surface area contributed by atoms with Crippen molar-refractivity contribution in [3.05, 3.63) is 88.8 Å². The number of nitriles is 1. The Bertz CT molecular complexity index is 1590. The Morgan fingerprint density at radius 2 is 1.90 bits per heavy atom. The van der Waals surface area contributed by atoms with E-state index in [4.69, 9.17) is 11.6 Å². The number of carbonyl (C=O) groups excluding carboxylic acids is 3. The molecule has 2 heterocycles. The Kier molecular flexibility index (Phi) is 7.90. The molecule has 1 saturated carbocycles. The van der Waals surface area contributed by atoms with Crippen LogP contribution in [0, 0.1) is 17.1 Å². The van der Waals surface area contributed by atoms with Gasteiger partial charge in [-0.1, -0.05) is 35.9 Å². The number of aliphatic hydroxyl groups excluding tert-OH is 1. The summed E-state index contributed by atoms with van der Waals surface area (Å²) in [6, 6.07) is 11.5. The molecular weight excluding hydrogens is 575 g/mol. The molecule has 3 atom stereocenters. The molecule has 9 nitrogen and oxygen atoms in total. The Morgan fingerprint density at radius 1 is 1.17 bits per heavy atom. The van der Waals surface area contributed by atoms with Crippen LogP contribution in [0.15, 0.2) is 66.9 Å². The van der Waals surface area contributed by atoms with E-state index in [-0.39, 0.29) is 27.7 Å². The van der Waals surface area contributed by atoms with E-state index in [2.05, 4.69) is 10.3 Å². The second-order valence-electron chi connectivity index (χ2n) is 10.1. The van der Waals surface area contributed by atoms with Gasteiger partial charge >= 0.3 is 0 Å². The third kappa shape index (κ3) is 5.66. The number of aromatic nitrogens is 1. The second-order valence-corrected chi connectivity index (χ2v) is 10.5. The molecule has 0 bridgehead atoms. The summed E-state index contributed by atoms with van der Waals surface area (Å²) >= 11 is 6.47. The molecule has 2 fully saturated rings. The zero-order valence-corrected chi connectivity index (χ0v) is 22.5. The first-order valence-corrected chi connectivity index (χ1v) is 13.3. The summed E-state index contributed by atoms with van der Waals surface area (Å²) in [6.45, 7) is 0. The Hall–Kier alpha value is -4.47. The molecule has 13 heteroatoms. The minimum atomic E-state index is -2.94. The van der Waals surface area contributed by atoms with Crippen LogP contribution < -0.4 is 15.1 Å². The van der Waals surface area contributed by atoms with Gasteiger partial charge < -0.3 is 10.4 Å². The fraction of sp³-hybridized carbons (Fsp3) is 0.276. The number of carbonyl (C=O) groups is 3. The monoisotopic (exact) mass is 597 g/mol. The molecule has 216 valence electrons. The van der Waals surface area contributed by atoms with Crippen LogP contribution >= 0.6 is 11.6 Å². The molecule has 3 unspecified atom stereocenters. The summed E-state index contributed by atoms with van der Waals surface area (Å²) < 4.78 is 41.7. The van der Waals surface area contributed by atoms with Gasteiger partial charge in [-0.2, -0.15) is 5.26 Å². The lowest BCUT2D eigenvalue weighted by atomic mass is 9.87. The number of rotatable bonds is 7. The van der Waals surface area contributed by atoms with E-state index in [1.165, 1.54) is 42.6 Å². The lowest BCUT2D eigenvalue weighted by Crippen LogP contribution is -2.56. The first kappa shape index (κ1) is 29.0. The number of aliphatic hydroxyl groups is 1. The Balaban J connectivity index is 1.63. The molecule has 3 amide bonds. The number of pyridine rings is 1. The van der Waals surface area contributed by atoms with Crippen LogP contribution in [-0.2, 0) is 14.4 Å². The molecule has 2 aromatic carbocycles. The molecule has 0 radical (unpaired) electrons. The zero-order chi connectivity index (χ0) is 30.2. The smallest absolute Gasteiger partial charge is 0.257 e. The van der Waals surface area contributed by atoms with Crippen molar-refractivity contribution >= 4 is 40.8 Å². The highest BCUT2D eigenvalue weighted by Gasteiger charge is 2.50. The summed E-state index contributed by atoms with van der Waals surface area (Å²) in [4.78, 5) is 47.3. The summed E-state index contributed by atoms with van der Waals surface area (Å²) in [6.07, 6.45) is -1.97. The molecule has 5 rings (SSSR count). The summed E-state index contributed by atoms with van der Waals surface area (Å²) in [5.41, 5.74) is 0.154. The summed E-state index contributed by atoms with van der Waals surface area (Å²) in [5.74, 6) is -6.42. The molecule has 0 spiro atoms. The number of benzene rings is 2. The van der Waals surface area contributed by atoms with Gasteiger partial charge in [-0.05, 0) is 36.4 Å². The second kappa shape index (κ2) is 11.4. The lowest BCUT2D eigenvalue weighted by molar-refractivity contribution is -0.133. The number of hydrogen-bond donors (Lipinski definition) is 2. The van der Waals surface area contributed by atoms with E-state index in [0.29, 0.717) is 0 Å². The number of amides is 3. The van der Waals surface area contributed by atoms with Gasteiger partial charge in [0, 0.05) is 47.8 Å². The molecule has 2 N–H and O–H groups in total. The molecule has 1 aliphatic heterocycles. The summed E-state index contributed by atoms with van der Waals surface area (Å²) in [5, 5.41) is 22.4. The number of halogens is 4. The standard InChI is InChI=1S/C29H23ClF3N5O4/c30-21-7-2-1-6-20(21)25(26(40)36-18-13-29(32,33)14-18)37(19-5-3-4-17(31)11-19)27(41)22-12-23(39)28(42)38(22)24-10-16(15-34)8-9-35-24/h1-11,18,22-23,25,39H,12-14H2,(H,36,40). The highest BCUT2D eigenvalue weighted by molar-refractivity contribution is 6.31. The van der Waals surface area contributed by atoms with Crippen LogP contribution in [0.4, 0.5) is 24.7 Å². The van der Waals surface area contributed by atoms with Crippen molar-refractivity contribution in [3.63, 3.8) is 0 Å². The normalized spacial score (nSPS) is 20.4. The topological polar surface area (TPSA) is 127 Å². The first-order valence-electron chi connectivity index (χ1n) is 12.9. The quantitative estimate of drug-likeness (QED) is 0.425. The lowest BCUT2D eigenvalue weighted by Gasteiger charge is -2.39. The maximum absolute atomic E-state index is 14.5. The van der Waals surface area contributed by atoms with Crippen molar-refractivity contribution in [1.82, 2.24) is 10.3 Å². The van der Waals surface area contributed by atoms with Crippen molar-refractivity contribution in [1.29, 1.82) is 5.26 Å². The minimum Gasteiger partial charge on any atom is -0.383 e. The third-order valence-electron chi connectivity index (χ3n) is 7.15. The average molecular weight is 598 g/mol. The average Bonchev–Trinajstić information content (AvgIpc) is 3.24. The van der Waals surface area contributed by atoms with Gasteiger partial charge in [-0.25, -0.2) is 18.2 Å². The van der Waals surface area contributed by atoms with Gasteiger partial charge in [0.15, 0.2) is 0 Å². The van der Waals surface area contributed by atoms with Crippen LogP contribution in [0.25, 0.3) is 0 Å². The van der Waals surface area contributed by atoms with E-state index < -0.39 is 73.0 Å². The highest BCUT2D eigenvalue weighted by Crippen LogP contribution is 2.40. The van der Waals surface area contributed by atoms with Crippen LogP contribution in [0.1, 0.15) is 36.4 Å². The van der Waals surface area contributed by atoms with Gasteiger partial charge in [0.1, 0.15) is 29.8 Å². The van der Waals surface area contributed by atoms with Gasteiger partial charge in [0.25, 0.3) is 17.7 Å². The maximum Gasteiger partial charge on any atom is 0.257 e. The Labute approximate surface area is 243 Å². The highest BCUT2D eigenvalue weighted by atomic mass is 35.5. The van der Waals surface area contributed by atoms with E-state index >= 15 is 0 Å². The summed E-state index contributed by atoms with van der Waals surface area (Å²) in [7, 11) is 0. The number of alkyl halides is 2. The molecule has 2 aliphatic rings. The fourth-order valence-electron chi connectivity index (χ4n) is 5.16. The number of nitrogens with one attached hydrogen (secondary N) is 1. The Morgan fingerprint density at radius 3 is 2.57 bits per heavy atom.